The number of halogens is 1. The zero-order chi connectivity index (χ0) is 15.9. The number of nitrogens with zero attached hydrogens (tertiary/aromatic N) is 1. The average molecular weight is 352 g/mol. The molecule has 1 aromatic carbocycles. The topological polar surface area (TPSA) is 76.4 Å². The summed E-state index contributed by atoms with van der Waals surface area (Å²) in [4.78, 5) is 16.9. The van der Waals surface area contributed by atoms with E-state index in [4.69, 9.17) is 9.15 Å². The second-order valence-electron chi connectivity index (χ2n) is 6.58. The first-order chi connectivity index (χ1) is 11.2. The highest BCUT2D eigenvalue weighted by Gasteiger charge is 2.57. The fraction of sp³-hybridized carbons (Fsp3) is 0.529. The number of aromatic nitrogens is 1. The molecule has 2 aliphatic rings. The minimum absolute atomic E-state index is 0. The van der Waals surface area contributed by atoms with Crippen LogP contribution in [0.4, 0.5) is 5.69 Å². The maximum absolute atomic E-state index is 12.5. The fourth-order valence-electron chi connectivity index (χ4n) is 3.66. The van der Waals surface area contributed by atoms with Crippen molar-refractivity contribution in [1.29, 1.82) is 0 Å². The van der Waals surface area contributed by atoms with Crippen LogP contribution < -0.4 is 10.6 Å². The van der Waals surface area contributed by atoms with E-state index in [2.05, 4.69) is 15.6 Å². The van der Waals surface area contributed by atoms with Crippen molar-refractivity contribution in [2.75, 3.05) is 25.5 Å². The number of piperidine rings is 1. The maximum Gasteiger partial charge on any atom is 0.228 e. The molecule has 1 aliphatic carbocycles. The Morgan fingerprint density at radius 3 is 3.00 bits per heavy atom. The van der Waals surface area contributed by atoms with E-state index in [0.29, 0.717) is 18.1 Å². The van der Waals surface area contributed by atoms with Crippen molar-refractivity contribution in [3.8, 4) is 0 Å². The first kappa shape index (κ1) is 17.2. The Bertz CT molecular complexity index is 740. The summed E-state index contributed by atoms with van der Waals surface area (Å²) in [7, 11) is 1.60. The van der Waals surface area contributed by atoms with Gasteiger partial charge in [-0.15, -0.1) is 12.4 Å². The van der Waals surface area contributed by atoms with Gasteiger partial charge in [0.1, 0.15) is 12.1 Å². The number of hydrogen-bond acceptors (Lipinski definition) is 5. The van der Waals surface area contributed by atoms with E-state index < -0.39 is 0 Å². The van der Waals surface area contributed by atoms with Crippen molar-refractivity contribution in [2.45, 2.75) is 25.9 Å². The third-order valence-corrected chi connectivity index (χ3v) is 5.07. The fourth-order valence-corrected chi connectivity index (χ4v) is 3.66. The Hall–Kier alpha value is -1.63. The average Bonchev–Trinajstić information content (AvgIpc) is 3.08. The van der Waals surface area contributed by atoms with Crippen LogP contribution in [0.1, 0.15) is 25.2 Å². The molecule has 0 bridgehead atoms. The molecule has 1 spiro atoms. The van der Waals surface area contributed by atoms with Crippen LogP contribution in [0, 0.1) is 11.3 Å². The molecule has 1 aliphatic heterocycles. The minimum Gasteiger partial charge on any atom is -0.438 e. The smallest absolute Gasteiger partial charge is 0.228 e. The summed E-state index contributed by atoms with van der Waals surface area (Å²) in [6.07, 6.45) is 3.23. The predicted octanol–water partition coefficient (Wildman–Crippen LogP) is 2.72. The van der Waals surface area contributed by atoms with E-state index in [1.165, 1.54) is 0 Å². The summed E-state index contributed by atoms with van der Waals surface area (Å²) in [5.41, 5.74) is 2.47. The number of carbonyl (C=O) groups excluding carboxylic acids is 1. The monoisotopic (exact) mass is 351 g/mol. The third-order valence-electron chi connectivity index (χ3n) is 5.07. The molecule has 2 fully saturated rings. The van der Waals surface area contributed by atoms with E-state index in [1.807, 2.05) is 18.2 Å². The van der Waals surface area contributed by atoms with Gasteiger partial charge in [0.05, 0.1) is 0 Å². The second-order valence-corrected chi connectivity index (χ2v) is 6.58. The Morgan fingerprint density at radius 2 is 2.25 bits per heavy atom. The molecule has 1 unspecified atom stereocenters. The third kappa shape index (κ3) is 3.14. The molecule has 2 heterocycles. The molecule has 4 rings (SSSR count). The molecule has 7 heteroatoms. The van der Waals surface area contributed by atoms with E-state index in [-0.39, 0.29) is 29.6 Å². The molecule has 2 aromatic rings. The molecule has 1 saturated carbocycles. The van der Waals surface area contributed by atoms with Crippen molar-refractivity contribution >= 4 is 35.1 Å². The molecule has 6 nitrogen and oxygen atoms in total. The van der Waals surface area contributed by atoms with Crippen LogP contribution in [0.3, 0.4) is 0 Å². The van der Waals surface area contributed by atoms with Gasteiger partial charge < -0.3 is 19.8 Å². The normalized spacial score (nSPS) is 21.5. The van der Waals surface area contributed by atoms with Gasteiger partial charge in [0.15, 0.2) is 5.58 Å². The van der Waals surface area contributed by atoms with E-state index >= 15 is 0 Å². The van der Waals surface area contributed by atoms with Crippen LogP contribution >= 0.6 is 12.4 Å². The Balaban J connectivity index is 0.00000169. The van der Waals surface area contributed by atoms with Gasteiger partial charge >= 0.3 is 0 Å². The first-order valence-corrected chi connectivity index (χ1v) is 8.10. The highest BCUT2D eigenvalue weighted by Crippen LogP contribution is 2.58. The van der Waals surface area contributed by atoms with Gasteiger partial charge in [-0.2, -0.15) is 0 Å². The standard InChI is InChI=1S/C17H21N3O3.ClH/c1-22-10-15-20-13-8-11(2-3-14(13)23-15)19-16(21)12-9-17(12)4-6-18-7-5-17;/h2-3,8,12,18H,4-7,9-10H2,1H3,(H,19,21);1H. The zero-order valence-electron chi connectivity index (χ0n) is 13.6. The van der Waals surface area contributed by atoms with Crippen molar-refractivity contribution in [2.24, 2.45) is 11.3 Å². The van der Waals surface area contributed by atoms with Gasteiger partial charge in [-0.05, 0) is 56.0 Å². The summed E-state index contributed by atoms with van der Waals surface area (Å²) in [5, 5.41) is 6.40. The molecule has 1 amide bonds. The molecular weight excluding hydrogens is 330 g/mol. The highest BCUT2D eigenvalue weighted by atomic mass is 35.5. The number of rotatable bonds is 4. The van der Waals surface area contributed by atoms with Crippen LogP contribution in [0.5, 0.6) is 0 Å². The number of benzene rings is 1. The number of ether oxygens (including phenoxy) is 1. The Kier molecular flexibility index (Phi) is 4.80. The number of carbonyl (C=O) groups is 1. The van der Waals surface area contributed by atoms with Crippen LogP contribution in [-0.2, 0) is 16.1 Å². The molecule has 130 valence electrons. The molecule has 1 atom stereocenters. The van der Waals surface area contributed by atoms with Crippen LogP contribution in [-0.4, -0.2) is 31.1 Å². The van der Waals surface area contributed by atoms with Gasteiger partial charge in [-0.3, -0.25) is 4.79 Å². The van der Waals surface area contributed by atoms with Crippen LogP contribution in [0.25, 0.3) is 11.1 Å². The van der Waals surface area contributed by atoms with Crippen molar-refractivity contribution < 1.29 is 13.9 Å². The number of methoxy groups -OCH3 is 1. The number of nitrogens with one attached hydrogen (secondary N) is 2. The van der Waals surface area contributed by atoms with Gasteiger partial charge in [-0.25, -0.2) is 4.98 Å². The molecular formula is C17H22ClN3O3. The van der Waals surface area contributed by atoms with Crippen LogP contribution in [0.2, 0.25) is 0 Å². The Morgan fingerprint density at radius 1 is 1.46 bits per heavy atom. The molecule has 0 radical (unpaired) electrons. The van der Waals surface area contributed by atoms with Gasteiger partial charge in [0, 0.05) is 18.7 Å². The van der Waals surface area contributed by atoms with Crippen LogP contribution in [0.15, 0.2) is 22.6 Å². The number of hydrogen-bond donors (Lipinski definition) is 2. The lowest BCUT2D eigenvalue weighted by Crippen LogP contribution is -2.31. The lowest BCUT2D eigenvalue weighted by atomic mass is 9.92. The number of anilines is 1. The molecule has 24 heavy (non-hydrogen) atoms. The lowest BCUT2D eigenvalue weighted by Gasteiger charge is -2.23. The SMILES string of the molecule is COCc1nc2cc(NC(=O)C3CC34CCNCC4)ccc2o1.Cl. The molecule has 1 saturated heterocycles. The second kappa shape index (κ2) is 6.70. The first-order valence-electron chi connectivity index (χ1n) is 8.10. The summed E-state index contributed by atoms with van der Waals surface area (Å²) >= 11 is 0. The quantitative estimate of drug-likeness (QED) is 0.885. The lowest BCUT2D eigenvalue weighted by molar-refractivity contribution is -0.118. The number of amides is 1. The summed E-state index contributed by atoms with van der Waals surface area (Å²) < 4.78 is 10.6. The molecule has 1 aromatic heterocycles. The highest BCUT2D eigenvalue weighted by molar-refractivity contribution is 5.96. The zero-order valence-corrected chi connectivity index (χ0v) is 14.4. The van der Waals surface area contributed by atoms with E-state index in [9.17, 15) is 4.79 Å². The van der Waals surface area contributed by atoms with E-state index in [1.54, 1.807) is 7.11 Å². The van der Waals surface area contributed by atoms with Crippen molar-refractivity contribution in [1.82, 2.24) is 10.3 Å². The van der Waals surface area contributed by atoms with Gasteiger partial charge in [-0.1, -0.05) is 0 Å². The Labute approximate surface area is 146 Å². The van der Waals surface area contributed by atoms with Crippen molar-refractivity contribution in [3.63, 3.8) is 0 Å². The maximum atomic E-state index is 12.5. The summed E-state index contributed by atoms with van der Waals surface area (Å²) in [6.45, 7) is 2.39. The van der Waals surface area contributed by atoms with Gasteiger partial charge in [0.25, 0.3) is 0 Å². The minimum atomic E-state index is 0. The molecule has 2 N–H and O–H groups in total. The summed E-state index contributed by atoms with van der Waals surface area (Å²) in [6, 6.07) is 5.55. The summed E-state index contributed by atoms with van der Waals surface area (Å²) in [5.74, 6) is 0.829. The predicted molar refractivity (Wildman–Crippen MR) is 93.2 cm³/mol. The van der Waals surface area contributed by atoms with Crippen molar-refractivity contribution in [3.05, 3.63) is 24.1 Å². The van der Waals surface area contributed by atoms with Gasteiger partial charge in [0.2, 0.25) is 11.8 Å². The number of oxazole rings is 1. The van der Waals surface area contributed by atoms with E-state index in [0.717, 1.165) is 43.6 Å². The number of fused-ring (bicyclic) bond motifs is 1. The largest absolute Gasteiger partial charge is 0.438 e.